The zero-order valence-electron chi connectivity index (χ0n) is 14.5. The highest BCUT2D eigenvalue weighted by Gasteiger charge is 2.26. The highest BCUT2D eigenvalue weighted by atomic mass is 16.2. The molecular formula is C19H24N4O2. The van der Waals surface area contributed by atoms with Gasteiger partial charge in [0, 0.05) is 32.7 Å². The molecule has 0 radical (unpaired) electrons. The number of nitrogens with zero attached hydrogens (tertiary/aromatic N) is 3. The molecule has 1 N–H and O–H groups in total. The molecule has 1 aliphatic rings. The van der Waals surface area contributed by atoms with Crippen molar-refractivity contribution in [3.63, 3.8) is 0 Å². The van der Waals surface area contributed by atoms with E-state index in [0.29, 0.717) is 13.1 Å². The van der Waals surface area contributed by atoms with E-state index in [9.17, 15) is 9.59 Å². The summed E-state index contributed by atoms with van der Waals surface area (Å²) in [6.07, 6.45) is 2.67. The van der Waals surface area contributed by atoms with Gasteiger partial charge in [-0.25, -0.2) is 4.68 Å². The van der Waals surface area contributed by atoms with Gasteiger partial charge in [0.15, 0.2) is 0 Å². The van der Waals surface area contributed by atoms with E-state index in [4.69, 9.17) is 0 Å². The number of benzene rings is 1. The molecule has 0 bridgehead atoms. The van der Waals surface area contributed by atoms with Crippen LogP contribution in [0.1, 0.15) is 18.4 Å². The molecule has 1 unspecified atom stereocenters. The maximum Gasteiger partial charge on any atom is 0.266 e. The molecule has 6 heteroatoms. The van der Waals surface area contributed by atoms with E-state index in [1.807, 2.05) is 18.2 Å². The van der Waals surface area contributed by atoms with Gasteiger partial charge < -0.3 is 10.2 Å². The van der Waals surface area contributed by atoms with E-state index < -0.39 is 0 Å². The van der Waals surface area contributed by atoms with Crippen LogP contribution in [0.15, 0.2) is 47.3 Å². The van der Waals surface area contributed by atoms with Gasteiger partial charge in [0.1, 0.15) is 5.82 Å². The number of nitrogens with one attached hydrogen (secondary N) is 1. The Kier molecular flexibility index (Phi) is 5.48. The predicted molar refractivity (Wildman–Crippen MR) is 97.6 cm³/mol. The van der Waals surface area contributed by atoms with Gasteiger partial charge in [-0.2, -0.15) is 5.10 Å². The summed E-state index contributed by atoms with van der Waals surface area (Å²) in [5, 5.41) is 7.34. The maximum absolute atomic E-state index is 12.5. The van der Waals surface area contributed by atoms with Crippen LogP contribution in [0.25, 0.3) is 0 Å². The first-order chi connectivity index (χ1) is 12.1. The molecule has 1 amide bonds. The molecule has 2 aromatic rings. The van der Waals surface area contributed by atoms with Crippen LogP contribution < -0.4 is 15.8 Å². The van der Waals surface area contributed by atoms with E-state index in [0.717, 1.165) is 31.6 Å². The van der Waals surface area contributed by atoms with Crippen LogP contribution in [0.5, 0.6) is 0 Å². The molecule has 1 aromatic heterocycles. The van der Waals surface area contributed by atoms with Crippen molar-refractivity contribution in [2.24, 2.45) is 13.0 Å². The standard InChI is InChI=1S/C19H24N4O2/c1-22-18(24)10-9-17(21-22)23-13-5-8-16(14-23)19(25)20-12-11-15-6-3-2-4-7-15/h2-4,6-7,9-10,16H,5,8,11-14H2,1H3,(H,20,25). The molecular weight excluding hydrogens is 316 g/mol. The average Bonchev–Trinajstić information content (AvgIpc) is 2.65. The molecule has 1 saturated heterocycles. The molecule has 25 heavy (non-hydrogen) atoms. The van der Waals surface area contributed by atoms with Gasteiger partial charge in [0.05, 0.1) is 5.92 Å². The Labute approximate surface area is 147 Å². The van der Waals surface area contributed by atoms with Crippen LogP contribution in [0.2, 0.25) is 0 Å². The summed E-state index contributed by atoms with van der Waals surface area (Å²) in [6.45, 7) is 2.15. The lowest BCUT2D eigenvalue weighted by molar-refractivity contribution is -0.125. The Balaban J connectivity index is 1.54. The molecule has 0 saturated carbocycles. The molecule has 1 aliphatic heterocycles. The summed E-state index contributed by atoms with van der Waals surface area (Å²) >= 11 is 0. The van der Waals surface area contributed by atoms with Gasteiger partial charge in [-0.3, -0.25) is 9.59 Å². The van der Waals surface area contributed by atoms with Crippen LogP contribution in [0.4, 0.5) is 5.82 Å². The fourth-order valence-corrected chi connectivity index (χ4v) is 3.18. The van der Waals surface area contributed by atoms with Crippen molar-refractivity contribution in [2.75, 3.05) is 24.5 Å². The molecule has 132 valence electrons. The summed E-state index contributed by atoms with van der Waals surface area (Å²) in [6, 6.07) is 13.4. The minimum atomic E-state index is -0.129. The van der Waals surface area contributed by atoms with Crippen LogP contribution >= 0.6 is 0 Å². The van der Waals surface area contributed by atoms with Crippen molar-refractivity contribution in [3.8, 4) is 0 Å². The fraction of sp³-hybridized carbons (Fsp3) is 0.421. The van der Waals surface area contributed by atoms with Gasteiger partial charge in [-0.05, 0) is 30.9 Å². The number of anilines is 1. The summed E-state index contributed by atoms with van der Waals surface area (Å²) in [5.41, 5.74) is 1.10. The van der Waals surface area contributed by atoms with E-state index >= 15 is 0 Å². The largest absolute Gasteiger partial charge is 0.355 e. The Morgan fingerprint density at radius 1 is 1.24 bits per heavy atom. The quantitative estimate of drug-likeness (QED) is 0.892. The summed E-state index contributed by atoms with van der Waals surface area (Å²) in [4.78, 5) is 26.0. The topological polar surface area (TPSA) is 67.2 Å². The molecule has 1 atom stereocenters. The summed E-state index contributed by atoms with van der Waals surface area (Å²) < 4.78 is 1.33. The molecule has 1 fully saturated rings. The first kappa shape index (κ1) is 17.2. The predicted octanol–water partition coefficient (Wildman–Crippen LogP) is 1.36. The van der Waals surface area contributed by atoms with Crippen molar-refractivity contribution in [3.05, 3.63) is 58.4 Å². The van der Waals surface area contributed by atoms with Crippen molar-refractivity contribution >= 4 is 11.7 Å². The highest BCUT2D eigenvalue weighted by Crippen LogP contribution is 2.21. The number of hydrogen-bond donors (Lipinski definition) is 1. The van der Waals surface area contributed by atoms with E-state index in [1.54, 1.807) is 13.1 Å². The molecule has 2 heterocycles. The second kappa shape index (κ2) is 7.96. The number of piperidine rings is 1. The normalized spacial score (nSPS) is 17.3. The minimum Gasteiger partial charge on any atom is -0.355 e. The number of aromatic nitrogens is 2. The number of carbonyl (C=O) groups excluding carboxylic acids is 1. The van der Waals surface area contributed by atoms with Crippen LogP contribution in [0.3, 0.4) is 0 Å². The number of aryl methyl sites for hydroxylation is 1. The third-order valence-corrected chi connectivity index (χ3v) is 4.62. The van der Waals surface area contributed by atoms with Gasteiger partial charge >= 0.3 is 0 Å². The van der Waals surface area contributed by atoms with E-state index in [1.165, 1.54) is 16.3 Å². The summed E-state index contributed by atoms with van der Waals surface area (Å²) in [5.74, 6) is 0.817. The van der Waals surface area contributed by atoms with Gasteiger partial charge in [-0.1, -0.05) is 30.3 Å². The average molecular weight is 340 g/mol. The van der Waals surface area contributed by atoms with E-state index in [2.05, 4.69) is 27.4 Å². The van der Waals surface area contributed by atoms with Crippen LogP contribution in [-0.2, 0) is 18.3 Å². The summed E-state index contributed by atoms with van der Waals surface area (Å²) in [7, 11) is 1.64. The Morgan fingerprint density at radius 3 is 2.80 bits per heavy atom. The molecule has 6 nitrogen and oxygen atoms in total. The highest BCUT2D eigenvalue weighted by molar-refractivity contribution is 5.79. The minimum absolute atomic E-state index is 0.0384. The molecule has 3 rings (SSSR count). The number of amides is 1. The van der Waals surface area contributed by atoms with Crippen molar-refractivity contribution < 1.29 is 4.79 Å². The SMILES string of the molecule is Cn1nc(N2CCCC(C(=O)NCCc3ccccc3)C2)ccc1=O. The maximum atomic E-state index is 12.5. The molecule has 0 spiro atoms. The van der Waals surface area contributed by atoms with Gasteiger partial charge in [-0.15, -0.1) is 0 Å². The number of carbonyl (C=O) groups is 1. The van der Waals surface area contributed by atoms with Gasteiger partial charge in [0.25, 0.3) is 5.56 Å². The lowest BCUT2D eigenvalue weighted by Crippen LogP contribution is -2.44. The number of rotatable bonds is 5. The van der Waals surface area contributed by atoms with Gasteiger partial charge in [0.2, 0.25) is 5.91 Å². The Bertz CT molecular complexity index is 772. The smallest absolute Gasteiger partial charge is 0.266 e. The first-order valence-corrected chi connectivity index (χ1v) is 8.74. The van der Waals surface area contributed by atoms with Crippen LogP contribution in [-0.4, -0.2) is 35.3 Å². The van der Waals surface area contributed by atoms with E-state index in [-0.39, 0.29) is 17.4 Å². The lowest BCUT2D eigenvalue weighted by Gasteiger charge is -2.32. The fourth-order valence-electron chi connectivity index (χ4n) is 3.18. The molecule has 0 aliphatic carbocycles. The number of hydrogen-bond acceptors (Lipinski definition) is 4. The van der Waals surface area contributed by atoms with Crippen molar-refractivity contribution in [1.82, 2.24) is 15.1 Å². The van der Waals surface area contributed by atoms with Crippen molar-refractivity contribution in [2.45, 2.75) is 19.3 Å². The monoisotopic (exact) mass is 340 g/mol. The third-order valence-electron chi connectivity index (χ3n) is 4.62. The third kappa shape index (κ3) is 4.47. The second-order valence-corrected chi connectivity index (χ2v) is 6.47. The zero-order valence-corrected chi connectivity index (χ0v) is 14.5. The zero-order chi connectivity index (χ0) is 17.6. The second-order valence-electron chi connectivity index (χ2n) is 6.47. The lowest BCUT2D eigenvalue weighted by atomic mass is 9.97. The van der Waals surface area contributed by atoms with Crippen molar-refractivity contribution in [1.29, 1.82) is 0 Å². The molecule has 1 aromatic carbocycles. The first-order valence-electron chi connectivity index (χ1n) is 8.74. The van der Waals surface area contributed by atoms with Crippen LogP contribution in [0, 0.1) is 5.92 Å². The Hall–Kier alpha value is -2.63. The Morgan fingerprint density at radius 2 is 2.04 bits per heavy atom.